The van der Waals surface area contributed by atoms with Crippen molar-refractivity contribution < 1.29 is 4.79 Å². The van der Waals surface area contributed by atoms with Crippen LogP contribution >= 0.6 is 0 Å². The van der Waals surface area contributed by atoms with Crippen LogP contribution < -0.4 is 5.73 Å². The summed E-state index contributed by atoms with van der Waals surface area (Å²) in [6, 6.07) is 10.2. The standard InChI is InChI=1S/C17H27N3O/c1-15(18)17(21)20-12-6-11-19(13-14-20)10-5-9-16-7-3-2-4-8-16/h2-4,7-8,15H,5-6,9-14,18H2,1H3. The molecule has 2 N–H and O–H groups in total. The molecule has 1 amide bonds. The lowest BCUT2D eigenvalue weighted by Gasteiger charge is -2.23. The molecule has 1 aromatic rings. The Kier molecular flexibility index (Phi) is 6.21. The minimum absolute atomic E-state index is 0.0844. The summed E-state index contributed by atoms with van der Waals surface area (Å²) in [4.78, 5) is 16.3. The number of carbonyl (C=O) groups is 1. The van der Waals surface area contributed by atoms with Gasteiger partial charge in [-0.05, 0) is 44.8 Å². The zero-order valence-electron chi connectivity index (χ0n) is 13.0. The zero-order valence-corrected chi connectivity index (χ0v) is 13.0. The number of hydrogen-bond donors (Lipinski definition) is 1. The first-order valence-electron chi connectivity index (χ1n) is 7.97. The van der Waals surface area contributed by atoms with Gasteiger partial charge in [-0.3, -0.25) is 4.79 Å². The van der Waals surface area contributed by atoms with E-state index in [1.807, 2.05) is 4.90 Å². The first-order chi connectivity index (χ1) is 10.2. The second-order valence-corrected chi connectivity index (χ2v) is 5.90. The highest BCUT2D eigenvalue weighted by Gasteiger charge is 2.20. The van der Waals surface area contributed by atoms with Crippen LogP contribution in [0.5, 0.6) is 0 Å². The van der Waals surface area contributed by atoms with E-state index in [1.165, 1.54) is 12.0 Å². The summed E-state index contributed by atoms with van der Waals surface area (Å²) in [5.74, 6) is 0.0844. The lowest BCUT2D eigenvalue weighted by molar-refractivity contribution is -0.132. The maximum Gasteiger partial charge on any atom is 0.239 e. The minimum atomic E-state index is -0.380. The van der Waals surface area contributed by atoms with Crippen molar-refractivity contribution in [1.82, 2.24) is 9.80 Å². The van der Waals surface area contributed by atoms with E-state index in [0.717, 1.165) is 45.6 Å². The SMILES string of the molecule is CC(N)C(=O)N1CCCN(CCCc2ccccc2)CC1. The van der Waals surface area contributed by atoms with Gasteiger partial charge in [0.1, 0.15) is 0 Å². The minimum Gasteiger partial charge on any atom is -0.340 e. The Labute approximate surface area is 127 Å². The Bertz CT molecular complexity index is 433. The van der Waals surface area contributed by atoms with E-state index in [1.54, 1.807) is 6.92 Å². The van der Waals surface area contributed by atoms with Gasteiger partial charge in [0.25, 0.3) is 0 Å². The maximum atomic E-state index is 11.9. The normalized spacial score (nSPS) is 18.3. The van der Waals surface area contributed by atoms with Gasteiger partial charge in [0, 0.05) is 19.6 Å². The van der Waals surface area contributed by atoms with Gasteiger partial charge < -0.3 is 15.5 Å². The first-order valence-corrected chi connectivity index (χ1v) is 7.97. The molecule has 1 saturated heterocycles. The van der Waals surface area contributed by atoms with E-state index in [4.69, 9.17) is 5.73 Å². The van der Waals surface area contributed by atoms with Crippen molar-refractivity contribution in [2.45, 2.75) is 32.2 Å². The molecule has 4 heteroatoms. The first kappa shape index (κ1) is 16.0. The fourth-order valence-corrected chi connectivity index (χ4v) is 2.85. The third kappa shape index (κ3) is 5.14. The van der Waals surface area contributed by atoms with E-state index in [-0.39, 0.29) is 11.9 Å². The molecule has 1 aliphatic heterocycles. The lowest BCUT2D eigenvalue weighted by Crippen LogP contribution is -2.43. The average Bonchev–Trinajstić information content (AvgIpc) is 2.73. The van der Waals surface area contributed by atoms with E-state index in [0.29, 0.717) is 0 Å². The molecule has 0 aliphatic carbocycles. The Hall–Kier alpha value is -1.39. The summed E-state index contributed by atoms with van der Waals surface area (Å²) in [5, 5.41) is 0. The molecule has 116 valence electrons. The van der Waals surface area contributed by atoms with Crippen molar-refractivity contribution >= 4 is 5.91 Å². The van der Waals surface area contributed by atoms with E-state index in [2.05, 4.69) is 35.2 Å². The highest BCUT2D eigenvalue weighted by molar-refractivity contribution is 5.81. The summed E-state index contributed by atoms with van der Waals surface area (Å²) >= 11 is 0. The molecule has 0 radical (unpaired) electrons. The van der Waals surface area contributed by atoms with Gasteiger partial charge in [0.15, 0.2) is 0 Å². The topological polar surface area (TPSA) is 49.6 Å². The Morgan fingerprint density at radius 3 is 2.67 bits per heavy atom. The largest absolute Gasteiger partial charge is 0.340 e. The number of benzene rings is 1. The fourth-order valence-electron chi connectivity index (χ4n) is 2.85. The second-order valence-electron chi connectivity index (χ2n) is 5.90. The molecule has 0 bridgehead atoms. The number of nitrogens with two attached hydrogens (primary N) is 1. The van der Waals surface area contributed by atoms with Crippen molar-refractivity contribution in [2.24, 2.45) is 5.73 Å². The van der Waals surface area contributed by atoms with Crippen molar-refractivity contribution in [3.63, 3.8) is 0 Å². The Morgan fingerprint density at radius 1 is 1.19 bits per heavy atom. The molecular weight excluding hydrogens is 262 g/mol. The van der Waals surface area contributed by atoms with E-state index < -0.39 is 0 Å². The van der Waals surface area contributed by atoms with Crippen molar-refractivity contribution in [2.75, 3.05) is 32.7 Å². The molecule has 1 aliphatic rings. The predicted octanol–water partition coefficient (Wildman–Crippen LogP) is 1.50. The van der Waals surface area contributed by atoms with Crippen LogP contribution in [0.25, 0.3) is 0 Å². The van der Waals surface area contributed by atoms with Crippen LogP contribution in [0, 0.1) is 0 Å². The van der Waals surface area contributed by atoms with Gasteiger partial charge >= 0.3 is 0 Å². The summed E-state index contributed by atoms with van der Waals surface area (Å²) in [5.41, 5.74) is 7.10. The summed E-state index contributed by atoms with van der Waals surface area (Å²) in [6.07, 6.45) is 3.34. The number of rotatable bonds is 5. The monoisotopic (exact) mass is 289 g/mol. The van der Waals surface area contributed by atoms with Crippen LogP contribution in [0.4, 0.5) is 0 Å². The molecule has 1 heterocycles. The van der Waals surface area contributed by atoms with E-state index in [9.17, 15) is 4.79 Å². The average molecular weight is 289 g/mol. The van der Waals surface area contributed by atoms with Crippen LogP contribution in [0.3, 0.4) is 0 Å². The molecular formula is C17H27N3O. The van der Waals surface area contributed by atoms with Gasteiger partial charge in [0.2, 0.25) is 5.91 Å². The highest BCUT2D eigenvalue weighted by Crippen LogP contribution is 2.08. The predicted molar refractivity (Wildman–Crippen MR) is 86.0 cm³/mol. The number of aryl methyl sites for hydroxylation is 1. The Morgan fingerprint density at radius 2 is 1.95 bits per heavy atom. The van der Waals surface area contributed by atoms with Crippen LogP contribution in [-0.4, -0.2) is 54.5 Å². The number of hydrogen-bond acceptors (Lipinski definition) is 3. The fraction of sp³-hybridized carbons (Fsp3) is 0.588. The molecule has 0 aromatic heterocycles. The Balaban J connectivity index is 1.72. The van der Waals surface area contributed by atoms with Gasteiger partial charge in [-0.2, -0.15) is 0 Å². The number of carbonyl (C=O) groups excluding carboxylic acids is 1. The summed E-state index contributed by atoms with van der Waals surface area (Å²) < 4.78 is 0. The molecule has 4 nitrogen and oxygen atoms in total. The molecule has 1 atom stereocenters. The van der Waals surface area contributed by atoms with Gasteiger partial charge in [0.05, 0.1) is 6.04 Å². The number of amides is 1. The molecule has 0 saturated carbocycles. The van der Waals surface area contributed by atoms with Crippen LogP contribution in [0.1, 0.15) is 25.3 Å². The van der Waals surface area contributed by atoms with Gasteiger partial charge in [-0.1, -0.05) is 30.3 Å². The van der Waals surface area contributed by atoms with Gasteiger partial charge in [-0.25, -0.2) is 0 Å². The molecule has 21 heavy (non-hydrogen) atoms. The molecule has 2 rings (SSSR count). The van der Waals surface area contributed by atoms with Crippen LogP contribution in [0.2, 0.25) is 0 Å². The summed E-state index contributed by atoms with van der Waals surface area (Å²) in [6.45, 7) is 6.58. The zero-order chi connectivity index (χ0) is 15.1. The third-order valence-corrected chi connectivity index (χ3v) is 4.07. The van der Waals surface area contributed by atoms with Crippen LogP contribution in [-0.2, 0) is 11.2 Å². The van der Waals surface area contributed by atoms with Crippen molar-refractivity contribution in [1.29, 1.82) is 0 Å². The van der Waals surface area contributed by atoms with Crippen molar-refractivity contribution in [3.05, 3.63) is 35.9 Å². The quantitative estimate of drug-likeness (QED) is 0.894. The number of nitrogens with zero attached hydrogens (tertiary/aromatic N) is 2. The van der Waals surface area contributed by atoms with Crippen LogP contribution in [0.15, 0.2) is 30.3 Å². The van der Waals surface area contributed by atoms with Gasteiger partial charge in [-0.15, -0.1) is 0 Å². The van der Waals surface area contributed by atoms with E-state index >= 15 is 0 Å². The third-order valence-electron chi connectivity index (χ3n) is 4.07. The smallest absolute Gasteiger partial charge is 0.239 e. The molecule has 1 aromatic carbocycles. The lowest BCUT2D eigenvalue weighted by atomic mass is 10.1. The molecule has 1 unspecified atom stereocenters. The maximum absolute atomic E-state index is 11.9. The highest BCUT2D eigenvalue weighted by atomic mass is 16.2. The van der Waals surface area contributed by atoms with Crippen molar-refractivity contribution in [3.8, 4) is 0 Å². The molecule has 0 spiro atoms. The summed E-state index contributed by atoms with van der Waals surface area (Å²) in [7, 11) is 0. The molecule has 1 fully saturated rings. The second kappa shape index (κ2) is 8.15.